The normalized spacial score (nSPS) is 11.0. The predicted molar refractivity (Wildman–Crippen MR) is 107 cm³/mol. The van der Waals surface area contributed by atoms with Gasteiger partial charge in [-0.2, -0.15) is 0 Å². The van der Waals surface area contributed by atoms with Crippen molar-refractivity contribution in [3.63, 3.8) is 0 Å². The van der Waals surface area contributed by atoms with Crippen molar-refractivity contribution in [2.75, 3.05) is 13.2 Å². The molecule has 4 aromatic rings. The predicted octanol–water partition coefficient (Wildman–Crippen LogP) is 1.39. The van der Waals surface area contributed by atoms with Crippen LogP contribution < -0.4 is 10.6 Å². The van der Waals surface area contributed by atoms with Gasteiger partial charge in [-0.05, 0) is 24.3 Å². The third-order valence-electron chi connectivity index (χ3n) is 4.25. The Kier molecular flexibility index (Phi) is 5.48. The van der Waals surface area contributed by atoms with E-state index in [9.17, 15) is 9.59 Å². The second-order valence-corrected chi connectivity index (χ2v) is 6.45. The molecule has 0 saturated heterocycles. The summed E-state index contributed by atoms with van der Waals surface area (Å²) < 4.78 is 5.17. The third kappa shape index (κ3) is 4.77. The summed E-state index contributed by atoms with van der Waals surface area (Å²) in [6.45, 7) is 0.0980. The van der Waals surface area contributed by atoms with Gasteiger partial charge in [-0.3, -0.25) is 9.59 Å². The Labute approximate surface area is 165 Å². The molecule has 0 aliphatic heterocycles. The molecule has 0 aliphatic rings. The Morgan fingerprint density at radius 1 is 0.759 bits per heavy atom. The van der Waals surface area contributed by atoms with Gasteiger partial charge < -0.3 is 25.3 Å². The van der Waals surface area contributed by atoms with Crippen LogP contribution in [0.1, 0.15) is 11.6 Å². The van der Waals surface area contributed by atoms with E-state index in [0.717, 1.165) is 22.1 Å². The fourth-order valence-electron chi connectivity index (χ4n) is 2.88. The van der Waals surface area contributed by atoms with Gasteiger partial charge in [0.05, 0.1) is 35.2 Å². The van der Waals surface area contributed by atoms with Crippen molar-refractivity contribution in [1.82, 2.24) is 30.6 Å². The Balaban J connectivity index is 1.15. The Morgan fingerprint density at radius 3 is 1.66 bits per heavy atom. The lowest BCUT2D eigenvalue weighted by Crippen LogP contribution is -2.32. The first-order valence-electron chi connectivity index (χ1n) is 9.16. The fraction of sp³-hybridized carbons (Fsp3) is 0.200. The molecule has 0 aliphatic carbocycles. The van der Waals surface area contributed by atoms with Gasteiger partial charge in [0, 0.05) is 0 Å². The van der Waals surface area contributed by atoms with E-state index in [1.807, 2.05) is 48.5 Å². The molecule has 9 heteroatoms. The maximum Gasteiger partial charge on any atom is 0.246 e. The minimum absolute atomic E-state index is 0.210. The molecule has 9 nitrogen and oxygen atoms in total. The zero-order valence-electron chi connectivity index (χ0n) is 15.6. The van der Waals surface area contributed by atoms with Crippen molar-refractivity contribution in [3.8, 4) is 0 Å². The van der Waals surface area contributed by atoms with Crippen LogP contribution in [0.15, 0.2) is 48.5 Å². The zero-order valence-corrected chi connectivity index (χ0v) is 15.6. The highest BCUT2D eigenvalue weighted by Gasteiger charge is 2.08. The molecular formula is C20H20N6O3. The molecule has 0 atom stereocenters. The highest BCUT2D eigenvalue weighted by Crippen LogP contribution is 2.10. The van der Waals surface area contributed by atoms with Gasteiger partial charge in [0.25, 0.3) is 0 Å². The monoisotopic (exact) mass is 392 g/mol. The van der Waals surface area contributed by atoms with Gasteiger partial charge in [-0.25, -0.2) is 9.97 Å². The molecule has 2 aromatic heterocycles. The van der Waals surface area contributed by atoms with E-state index in [1.165, 1.54) is 0 Å². The smallest absolute Gasteiger partial charge is 0.246 e. The number of amides is 2. The van der Waals surface area contributed by atoms with Crippen LogP contribution in [0.3, 0.4) is 0 Å². The van der Waals surface area contributed by atoms with E-state index in [2.05, 4.69) is 30.6 Å². The highest BCUT2D eigenvalue weighted by molar-refractivity contribution is 5.80. The van der Waals surface area contributed by atoms with Crippen LogP contribution in [-0.2, 0) is 27.4 Å². The topological polar surface area (TPSA) is 125 Å². The average molecular weight is 392 g/mol. The average Bonchev–Trinajstić information content (AvgIpc) is 3.34. The van der Waals surface area contributed by atoms with Crippen LogP contribution >= 0.6 is 0 Å². The molecule has 0 fully saturated rings. The molecule has 2 amide bonds. The lowest BCUT2D eigenvalue weighted by atomic mass is 10.3. The Morgan fingerprint density at radius 2 is 1.21 bits per heavy atom. The van der Waals surface area contributed by atoms with Crippen molar-refractivity contribution in [1.29, 1.82) is 0 Å². The molecular weight excluding hydrogens is 372 g/mol. The number of para-hydroxylation sites is 4. The number of nitrogens with zero attached hydrogens (tertiary/aromatic N) is 2. The molecule has 0 unspecified atom stereocenters. The van der Waals surface area contributed by atoms with Gasteiger partial charge in [-0.1, -0.05) is 24.3 Å². The van der Waals surface area contributed by atoms with Crippen LogP contribution in [0.5, 0.6) is 0 Å². The molecule has 4 N–H and O–H groups in total. The fourth-order valence-corrected chi connectivity index (χ4v) is 2.88. The lowest BCUT2D eigenvalue weighted by molar-refractivity contribution is -0.131. The van der Waals surface area contributed by atoms with E-state index in [-0.39, 0.29) is 38.1 Å². The quantitative estimate of drug-likeness (QED) is 0.361. The van der Waals surface area contributed by atoms with Crippen LogP contribution in [0.25, 0.3) is 22.1 Å². The van der Waals surface area contributed by atoms with Gasteiger partial charge in [0.1, 0.15) is 24.9 Å². The minimum Gasteiger partial charge on any atom is -0.362 e. The number of nitrogens with one attached hydrogen (secondary N) is 4. The van der Waals surface area contributed by atoms with Gasteiger partial charge >= 0.3 is 0 Å². The summed E-state index contributed by atoms with van der Waals surface area (Å²) in [5, 5.41) is 5.40. The van der Waals surface area contributed by atoms with E-state index in [4.69, 9.17) is 4.74 Å². The summed E-state index contributed by atoms with van der Waals surface area (Å²) in [6, 6.07) is 15.2. The van der Waals surface area contributed by atoms with Crippen LogP contribution in [0, 0.1) is 0 Å². The molecule has 148 valence electrons. The standard InChI is InChI=1S/C20H20N6O3/c27-19(21-9-17-23-13-5-1-2-6-14(13)24-17)11-29-12-20(28)22-10-18-25-15-7-3-4-8-16(15)26-18/h1-8H,9-12H2,(H,21,27)(H,22,28)(H,23,24)(H,25,26). The first-order valence-corrected chi connectivity index (χ1v) is 9.16. The molecule has 2 heterocycles. The first-order chi connectivity index (χ1) is 14.2. The van der Waals surface area contributed by atoms with E-state index >= 15 is 0 Å². The van der Waals surface area contributed by atoms with Crippen molar-refractivity contribution in [2.24, 2.45) is 0 Å². The molecule has 29 heavy (non-hydrogen) atoms. The summed E-state index contributed by atoms with van der Waals surface area (Å²) in [4.78, 5) is 38.7. The third-order valence-corrected chi connectivity index (χ3v) is 4.25. The van der Waals surface area contributed by atoms with Gasteiger partial charge in [0.2, 0.25) is 11.8 Å². The summed E-state index contributed by atoms with van der Waals surface area (Å²) in [7, 11) is 0. The summed E-state index contributed by atoms with van der Waals surface area (Å²) in [5.74, 6) is 0.664. The number of imidazole rings is 2. The Bertz CT molecular complexity index is 993. The number of carbonyl (C=O) groups excluding carboxylic acids is 2. The molecule has 0 bridgehead atoms. The van der Waals surface area contributed by atoms with E-state index in [1.54, 1.807) is 0 Å². The van der Waals surface area contributed by atoms with Gasteiger partial charge in [-0.15, -0.1) is 0 Å². The number of hydrogen-bond donors (Lipinski definition) is 4. The number of aromatic amines is 2. The number of hydrogen-bond acceptors (Lipinski definition) is 5. The second kappa shape index (κ2) is 8.53. The first kappa shape index (κ1) is 18.6. The maximum atomic E-state index is 11.9. The number of ether oxygens (including phenoxy) is 1. The number of rotatable bonds is 8. The molecule has 0 radical (unpaired) electrons. The summed E-state index contributed by atoms with van der Waals surface area (Å²) in [6.07, 6.45) is 0. The van der Waals surface area contributed by atoms with Crippen molar-refractivity contribution in [2.45, 2.75) is 13.1 Å². The number of H-pyrrole nitrogens is 2. The minimum atomic E-state index is -0.324. The number of fused-ring (bicyclic) bond motifs is 2. The van der Waals surface area contributed by atoms with Gasteiger partial charge in [0.15, 0.2) is 0 Å². The Hall–Kier alpha value is -3.72. The zero-order chi connectivity index (χ0) is 20.1. The molecule has 0 spiro atoms. The molecule has 2 aromatic carbocycles. The van der Waals surface area contributed by atoms with Crippen molar-refractivity contribution in [3.05, 3.63) is 60.2 Å². The molecule has 4 rings (SSSR count). The van der Waals surface area contributed by atoms with Crippen LogP contribution in [-0.4, -0.2) is 45.0 Å². The van der Waals surface area contributed by atoms with Crippen LogP contribution in [0.2, 0.25) is 0 Å². The maximum absolute atomic E-state index is 11.9. The number of carbonyl (C=O) groups is 2. The number of aromatic nitrogens is 4. The summed E-state index contributed by atoms with van der Waals surface area (Å²) in [5.41, 5.74) is 3.51. The molecule has 0 saturated carbocycles. The highest BCUT2D eigenvalue weighted by atomic mass is 16.5. The lowest BCUT2D eigenvalue weighted by Gasteiger charge is -2.06. The number of benzene rings is 2. The van der Waals surface area contributed by atoms with Crippen molar-refractivity contribution >= 4 is 33.9 Å². The largest absolute Gasteiger partial charge is 0.362 e. The summed E-state index contributed by atoms with van der Waals surface area (Å²) >= 11 is 0. The van der Waals surface area contributed by atoms with Crippen molar-refractivity contribution < 1.29 is 14.3 Å². The second-order valence-electron chi connectivity index (χ2n) is 6.45. The van der Waals surface area contributed by atoms with E-state index in [0.29, 0.717) is 11.6 Å². The SMILES string of the molecule is O=C(COCC(=O)NCc1nc2ccccc2[nH]1)NCc1nc2ccccc2[nH]1. The van der Waals surface area contributed by atoms with E-state index < -0.39 is 0 Å². The van der Waals surface area contributed by atoms with Crippen LogP contribution in [0.4, 0.5) is 0 Å².